The Morgan fingerprint density at radius 1 is 1.62 bits per heavy atom. The maximum atomic E-state index is 9.16. The Hall–Kier alpha value is -0.320. The molecule has 0 saturated heterocycles. The van der Waals surface area contributed by atoms with E-state index in [0.29, 0.717) is 16.1 Å². The highest BCUT2D eigenvalue weighted by molar-refractivity contribution is 9.09. The molecule has 1 aromatic heterocycles. The molecule has 1 unspecified atom stereocenters. The quantitative estimate of drug-likeness (QED) is 0.846. The zero-order valence-corrected chi connectivity index (χ0v) is 9.12. The summed E-state index contributed by atoms with van der Waals surface area (Å²) in [6.07, 6.45) is 2.56. The first-order chi connectivity index (χ1) is 6.22. The fourth-order valence-corrected chi connectivity index (χ4v) is 1.06. The number of aromatic nitrogens is 1. The predicted octanol–water partition coefficient (Wildman–Crippen LogP) is 1.87. The molecule has 0 aliphatic carbocycles. The molecule has 3 nitrogen and oxygen atoms in total. The van der Waals surface area contributed by atoms with Crippen LogP contribution in [0.3, 0.4) is 0 Å². The van der Waals surface area contributed by atoms with Gasteiger partial charge >= 0.3 is 0 Å². The summed E-state index contributed by atoms with van der Waals surface area (Å²) in [6, 6.07) is 1.65. The number of aliphatic hydroxyl groups is 1. The number of halogens is 2. The van der Waals surface area contributed by atoms with Crippen molar-refractivity contribution in [2.24, 2.45) is 0 Å². The lowest BCUT2D eigenvalue weighted by molar-refractivity contribution is 0.127. The first-order valence-corrected chi connectivity index (χ1v) is 5.19. The highest BCUT2D eigenvalue weighted by atomic mass is 79.9. The number of nitrogens with zero attached hydrogens (tertiary/aromatic N) is 1. The van der Waals surface area contributed by atoms with Gasteiger partial charge in [0.1, 0.15) is 12.4 Å². The smallest absolute Gasteiger partial charge is 0.139 e. The van der Waals surface area contributed by atoms with Gasteiger partial charge in [-0.05, 0) is 0 Å². The first kappa shape index (κ1) is 10.8. The van der Waals surface area contributed by atoms with Gasteiger partial charge in [-0.1, -0.05) is 27.5 Å². The number of rotatable bonds is 4. The molecular formula is C8H9BrClNO2. The fourth-order valence-electron chi connectivity index (χ4n) is 0.708. The molecule has 0 aliphatic heterocycles. The number of alkyl halides is 1. The van der Waals surface area contributed by atoms with E-state index in [1.54, 1.807) is 12.3 Å². The molecule has 0 aromatic carbocycles. The van der Waals surface area contributed by atoms with Crippen molar-refractivity contribution in [1.82, 2.24) is 4.98 Å². The second-order valence-corrected chi connectivity index (χ2v) is 3.54. The van der Waals surface area contributed by atoms with Crippen LogP contribution in [-0.4, -0.2) is 28.1 Å². The molecule has 0 amide bonds. The Bertz CT molecular complexity index is 272. The van der Waals surface area contributed by atoms with E-state index in [-0.39, 0.29) is 6.61 Å². The number of aliphatic hydroxyl groups excluding tert-OH is 1. The molecule has 0 radical (unpaired) electrons. The average molecular weight is 267 g/mol. The number of hydrogen-bond donors (Lipinski definition) is 1. The first-order valence-electron chi connectivity index (χ1n) is 3.69. The maximum absolute atomic E-state index is 9.16. The average Bonchev–Trinajstić information content (AvgIpc) is 2.14. The fraction of sp³-hybridized carbons (Fsp3) is 0.375. The second-order valence-electron chi connectivity index (χ2n) is 2.46. The Kier molecular flexibility index (Phi) is 4.48. The topological polar surface area (TPSA) is 42.4 Å². The maximum Gasteiger partial charge on any atom is 0.139 e. The minimum absolute atomic E-state index is 0.229. The highest BCUT2D eigenvalue weighted by Gasteiger charge is 2.02. The van der Waals surface area contributed by atoms with Crippen molar-refractivity contribution < 1.29 is 9.84 Å². The van der Waals surface area contributed by atoms with Crippen molar-refractivity contribution >= 4 is 27.5 Å². The summed E-state index contributed by atoms with van der Waals surface area (Å²) < 4.78 is 5.21. The monoisotopic (exact) mass is 265 g/mol. The molecule has 72 valence electrons. The molecule has 0 saturated carbocycles. The van der Waals surface area contributed by atoms with Gasteiger partial charge in [0.15, 0.2) is 0 Å². The van der Waals surface area contributed by atoms with Gasteiger partial charge < -0.3 is 9.84 Å². The minimum Gasteiger partial charge on any atom is -0.489 e. The summed E-state index contributed by atoms with van der Waals surface area (Å²) in [7, 11) is 0. The van der Waals surface area contributed by atoms with Gasteiger partial charge in [0.05, 0.1) is 17.3 Å². The van der Waals surface area contributed by atoms with Crippen molar-refractivity contribution in [1.29, 1.82) is 0 Å². The van der Waals surface area contributed by atoms with E-state index in [1.807, 2.05) is 0 Å². The summed E-state index contributed by atoms with van der Waals surface area (Å²) in [5.74, 6) is 0.563. The zero-order chi connectivity index (χ0) is 9.68. The third-order valence-electron chi connectivity index (χ3n) is 1.30. The zero-order valence-electron chi connectivity index (χ0n) is 6.78. The van der Waals surface area contributed by atoms with Gasteiger partial charge in [-0.3, -0.25) is 4.98 Å². The predicted molar refractivity (Wildman–Crippen MR) is 54.5 cm³/mol. The third kappa shape index (κ3) is 3.93. The van der Waals surface area contributed by atoms with Crippen LogP contribution in [-0.2, 0) is 0 Å². The molecule has 0 bridgehead atoms. The summed E-state index contributed by atoms with van der Waals surface area (Å²) in [5, 5.41) is 10.2. The molecule has 1 atom stereocenters. The molecule has 13 heavy (non-hydrogen) atoms. The van der Waals surface area contributed by atoms with Crippen molar-refractivity contribution in [3.05, 3.63) is 23.5 Å². The van der Waals surface area contributed by atoms with Crippen LogP contribution in [0, 0.1) is 0 Å². The molecular weight excluding hydrogens is 257 g/mol. The van der Waals surface area contributed by atoms with Gasteiger partial charge in [-0.25, -0.2) is 0 Å². The molecule has 1 rings (SSSR count). The van der Waals surface area contributed by atoms with Crippen molar-refractivity contribution in [2.75, 3.05) is 11.9 Å². The SMILES string of the molecule is OC(CBr)COc1cncc(Cl)c1. The molecule has 1 aromatic rings. The lowest BCUT2D eigenvalue weighted by atomic mass is 10.4. The van der Waals surface area contributed by atoms with Crippen LogP contribution in [0.2, 0.25) is 5.02 Å². The summed E-state index contributed by atoms with van der Waals surface area (Å²) >= 11 is 8.81. The largest absolute Gasteiger partial charge is 0.489 e. The Morgan fingerprint density at radius 2 is 2.38 bits per heavy atom. The van der Waals surface area contributed by atoms with Gasteiger partial charge in [0, 0.05) is 17.6 Å². The van der Waals surface area contributed by atoms with Crippen LogP contribution < -0.4 is 4.74 Å². The van der Waals surface area contributed by atoms with Crippen LogP contribution in [0.1, 0.15) is 0 Å². The van der Waals surface area contributed by atoms with Crippen LogP contribution in [0.5, 0.6) is 5.75 Å². The van der Waals surface area contributed by atoms with Crippen LogP contribution in [0.15, 0.2) is 18.5 Å². The number of pyridine rings is 1. The summed E-state index contributed by atoms with van der Waals surface area (Å²) in [6.45, 7) is 0.229. The van der Waals surface area contributed by atoms with Crippen molar-refractivity contribution in [2.45, 2.75) is 6.10 Å². The van der Waals surface area contributed by atoms with Crippen LogP contribution in [0.4, 0.5) is 0 Å². The standard InChI is InChI=1S/C8H9BrClNO2/c9-2-7(12)5-13-8-1-6(10)3-11-4-8/h1,3-4,7,12H,2,5H2. The molecule has 0 fully saturated rings. The lowest BCUT2D eigenvalue weighted by Gasteiger charge is -2.08. The van der Waals surface area contributed by atoms with E-state index in [0.717, 1.165) is 0 Å². The van der Waals surface area contributed by atoms with Crippen molar-refractivity contribution in [3.63, 3.8) is 0 Å². The van der Waals surface area contributed by atoms with Crippen LogP contribution >= 0.6 is 27.5 Å². The molecule has 5 heteroatoms. The molecule has 0 spiro atoms. The van der Waals surface area contributed by atoms with E-state index in [1.165, 1.54) is 6.20 Å². The lowest BCUT2D eigenvalue weighted by Crippen LogP contribution is -2.18. The summed E-state index contributed by atoms with van der Waals surface area (Å²) in [5.41, 5.74) is 0. The molecule has 1 heterocycles. The van der Waals surface area contributed by atoms with E-state index in [4.69, 9.17) is 21.4 Å². The van der Waals surface area contributed by atoms with Gasteiger partial charge in [-0.2, -0.15) is 0 Å². The van der Waals surface area contributed by atoms with E-state index in [2.05, 4.69) is 20.9 Å². The minimum atomic E-state index is -0.515. The van der Waals surface area contributed by atoms with Gasteiger partial charge in [0.25, 0.3) is 0 Å². The second kappa shape index (κ2) is 5.42. The van der Waals surface area contributed by atoms with E-state index < -0.39 is 6.10 Å². The van der Waals surface area contributed by atoms with Gasteiger partial charge in [0.2, 0.25) is 0 Å². The van der Waals surface area contributed by atoms with Crippen molar-refractivity contribution in [3.8, 4) is 5.75 Å². The Labute approximate surface area is 89.8 Å². The highest BCUT2D eigenvalue weighted by Crippen LogP contribution is 2.15. The van der Waals surface area contributed by atoms with Gasteiger partial charge in [-0.15, -0.1) is 0 Å². The summed E-state index contributed by atoms with van der Waals surface area (Å²) in [4.78, 5) is 3.84. The third-order valence-corrected chi connectivity index (χ3v) is 2.25. The normalized spacial score (nSPS) is 12.5. The molecule has 1 N–H and O–H groups in total. The van der Waals surface area contributed by atoms with E-state index in [9.17, 15) is 0 Å². The molecule has 0 aliphatic rings. The number of ether oxygens (including phenoxy) is 1. The number of hydrogen-bond acceptors (Lipinski definition) is 3. The Balaban J connectivity index is 2.45. The van der Waals surface area contributed by atoms with E-state index >= 15 is 0 Å². The van der Waals surface area contributed by atoms with Crippen LogP contribution in [0.25, 0.3) is 0 Å². The Morgan fingerprint density at radius 3 is 3.00 bits per heavy atom.